The highest BCUT2D eigenvalue weighted by Gasteiger charge is 2.11. The lowest BCUT2D eigenvalue weighted by atomic mass is 10.2. The predicted octanol–water partition coefficient (Wildman–Crippen LogP) is 2.44. The molecule has 0 bridgehead atoms. The van der Waals surface area contributed by atoms with E-state index in [-0.39, 0.29) is 31.8 Å². The lowest BCUT2D eigenvalue weighted by Gasteiger charge is -2.13. The van der Waals surface area contributed by atoms with E-state index in [4.69, 9.17) is 5.11 Å². The van der Waals surface area contributed by atoms with Crippen LogP contribution in [0.2, 0.25) is 0 Å². The Morgan fingerprint density at radius 1 is 1.00 bits per heavy atom. The third-order valence-electron chi connectivity index (χ3n) is 3.03. The molecule has 0 heterocycles. The first-order valence-corrected chi connectivity index (χ1v) is 7.49. The zero-order valence-corrected chi connectivity index (χ0v) is 13.7. The minimum atomic E-state index is -1.02. The van der Waals surface area contributed by atoms with Crippen molar-refractivity contribution in [2.24, 2.45) is 0 Å². The number of aliphatic carboxylic acids is 1. The molecule has 0 spiro atoms. The summed E-state index contributed by atoms with van der Waals surface area (Å²) in [6.45, 7) is 4.04. The maximum atomic E-state index is 11.4. The van der Waals surface area contributed by atoms with E-state index in [0.29, 0.717) is 5.06 Å². The van der Waals surface area contributed by atoms with E-state index in [0.717, 1.165) is 32.4 Å². The quantitative estimate of drug-likeness (QED) is 0.275. The minimum Gasteiger partial charge on any atom is -0.481 e. The van der Waals surface area contributed by atoms with Crippen LogP contribution >= 0.6 is 12.4 Å². The van der Waals surface area contributed by atoms with Crippen molar-refractivity contribution in [1.29, 1.82) is 0 Å². The van der Waals surface area contributed by atoms with Crippen LogP contribution in [-0.4, -0.2) is 46.9 Å². The van der Waals surface area contributed by atoms with Crippen molar-refractivity contribution in [3.05, 3.63) is 0 Å². The van der Waals surface area contributed by atoms with Gasteiger partial charge in [0.2, 0.25) is 5.91 Å². The van der Waals surface area contributed by atoms with E-state index in [9.17, 15) is 14.8 Å². The van der Waals surface area contributed by atoms with Crippen LogP contribution in [0.25, 0.3) is 0 Å². The Kier molecular flexibility index (Phi) is 16.6. The fraction of sp³-hybridized carbons (Fsp3) is 0.857. The Labute approximate surface area is 133 Å². The van der Waals surface area contributed by atoms with Crippen LogP contribution in [-0.2, 0) is 9.59 Å². The van der Waals surface area contributed by atoms with Crippen molar-refractivity contribution >= 4 is 24.3 Å². The third kappa shape index (κ3) is 15.4. The molecule has 0 radical (unpaired) electrons. The molecule has 7 heteroatoms. The number of hydroxylamine groups is 2. The molecule has 0 atom stereocenters. The minimum absolute atomic E-state index is 0. The molecule has 6 nitrogen and oxygen atoms in total. The second kappa shape index (κ2) is 15.5. The molecule has 0 unspecified atom stereocenters. The number of amides is 1. The van der Waals surface area contributed by atoms with Gasteiger partial charge in [-0.2, -0.15) is 0 Å². The van der Waals surface area contributed by atoms with Gasteiger partial charge in [0.1, 0.15) is 0 Å². The molecule has 0 aromatic heterocycles. The van der Waals surface area contributed by atoms with Crippen LogP contribution in [0.15, 0.2) is 0 Å². The van der Waals surface area contributed by atoms with Gasteiger partial charge in [-0.15, -0.1) is 12.4 Å². The molecular formula is C14H29ClN2O4. The molecule has 0 aromatic rings. The van der Waals surface area contributed by atoms with Gasteiger partial charge in [0.25, 0.3) is 0 Å². The Morgan fingerprint density at radius 3 is 2.19 bits per heavy atom. The first kappa shape index (κ1) is 22.4. The largest absolute Gasteiger partial charge is 0.481 e. The van der Waals surface area contributed by atoms with Crippen LogP contribution in [0, 0.1) is 0 Å². The second-order valence-electron chi connectivity index (χ2n) is 4.93. The van der Waals surface area contributed by atoms with Crippen molar-refractivity contribution in [3.63, 3.8) is 0 Å². The average molecular weight is 325 g/mol. The summed E-state index contributed by atoms with van der Waals surface area (Å²) in [5.41, 5.74) is 0. The number of carbonyl (C=O) groups is 2. The Hall–Kier alpha value is -0.850. The number of hydrogen-bond donors (Lipinski definition) is 3. The fourth-order valence-electron chi connectivity index (χ4n) is 1.78. The topological polar surface area (TPSA) is 89.9 Å². The van der Waals surface area contributed by atoms with E-state index in [1.165, 1.54) is 19.3 Å². The number of carbonyl (C=O) groups excluding carboxylic acids is 1. The summed E-state index contributed by atoms with van der Waals surface area (Å²) >= 11 is 0. The van der Waals surface area contributed by atoms with Gasteiger partial charge in [0.15, 0.2) is 0 Å². The molecule has 0 aromatic carbocycles. The molecule has 0 saturated heterocycles. The first-order chi connectivity index (χ1) is 9.57. The number of hydrogen-bond acceptors (Lipinski definition) is 4. The molecule has 21 heavy (non-hydrogen) atoms. The van der Waals surface area contributed by atoms with Crippen LogP contribution < -0.4 is 5.32 Å². The smallest absolute Gasteiger partial charge is 0.305 e. The van der Waals surface area contributed by atoms with Crippen LogP contribution in [0.3, 0.4) is 0 Å². The monoisotopic (exact) mass is 324 g/mol. The fourth-order valence-corrected chi connectivity index (χ4v) is 1.78. The van der Waals surface area contributed by atoms with Crippen molar-refractivity contribution in [1.82, 2.24) is 10.4 Å². The molecule has 0 saturated carbocycles. The SMILES string of the molecule is CCCCCNCCCCCC(=O)N(O)CCC(=O)O.Cl. The molecule has 0 fully saturated rings. The highest BCUT2D eigenvalue weighted by molar-refractivity contribution is 5.85. The van der Waals surface area contributed by atoms with Crippen molar-refractivity contribution in [3.8, 4) is 0 Å². The van der Waals surface area contributed by atoms with Crippen LogP contribution in [0.1, 0.15) is 58.3 Å². The molecule has 3 N–H and O–H groups in total. The molecular weight excluding hydrogens is 296 g/mol. The van der Waals surface area contributed by atoms with Crippen molar-refractivity contribution in [2.75, 3.05) is 19.6 Å². The summed E-state index contributed by atoms with van der Waals surface area (Å²) in [7, 11) is 0. The van der Waals surface area contributed by atoms with Gasteiger partial charge in [-0.05, 0) is 32.4 Å². The number of unbranched alkanes of at least 4 members (excludes halogenated alkanes) is 4. The highest BCUT2D eigenvalue weighted by Crippen LogP contribution is 2.02. The molecule has 126 valence electrons. The van der Waals surface area contributed by atoms with Crippen LogP contribution in [0.4, 0.5) is 0 Å². The lowest BCUT2D eigenvalue weighted by molar-refractivity contribution is -0.167. The van der Waals surface area contributed by atoms with Gasteiger partial charge < -0.3 is 10.4 Å². The summed E-state index contributed by atoms with van der Waals surface area (Å²) in [4.78, 5) is 21.7. The number of carboxylic acids is 1. The standard InChI is InChI=1S/C14H28N2O4.ClH/c1-2-3-6-10-15-11-7-4-5-8-13(17)16(20)12-9-14(18)19;/h15,20H,2-12H2,1H3,(H,18,19);1H. The summed E-state index contributed by atoms with van der Waals surface area (Å²) in [6, 6.07) is 0. The van der Waals surface area contributed by atoms with Gasteiger partial charge in [-0.1, -0.05) is 26.2 Å². The maximum absolute atomic E-state index is 11.4. The van der Waals surface area contributed by atoms with Gasteiger partial charge in [0.05, 0.1) is 13.0 Å². The third-order valence-corrected chi connectivity index (χ3v) is 3.03. The van der Waals surface area contributed by atoms with E-state index in [1.807, 2.05) is 0 Å². The van der Waals surface area contributed by atoms with E-state index in [2.05, 4.69) is 12.2 Å². The second-order valence-corrected chi connectivity index (χ2v) is 4.93. The molecule has 0 aliphatic heterocycles. The normalized spacial score (nSPS) is 10.0. The summed E-state index contributed by atoms with van der Waals surface area (Å²) < 4.78 is 0. The zero-order chi connectivity index (χ0) is 15.2. The molecule has 0 aliphatic rings. The lowest BCUT2D eigenvalue weighted by Crippen LogP contribution is -2.29. The molecule has 0 aliphatic carbocycles. The van der Waals surface area contributed by atoms with Gasteiger partial charge in [-0.3, -0.25) is 14.8 Å². The average Bonchev–Trinajstić information content (AvgIpc) is 2.42. The summed E-state index contributed by atoms with van der Waals surface area (Å²) in [5.74, 6) is -1.42. The van der Waals surface area contributed by atoms with Gasteiger partial charge in [0, 0.05) is 6.42 Å². The Balaban J connectivity index is 0. The number of halogens is 1. The van der Waals surface area contributed by atoms with Crippen molar-refractivity contribution in [2.45, 2.75) is 58.3 Å². The van der Waals surface area contributed by atoms with Gasteiger partial charge >= 0.3 is 5.97 Å². The zero-order valence-electron chi connectivity index (χ0n) is 12.8. The van der Waals surface area contributed by atoms with E-state index < -0.39 is 11.9 Å². The number of nitrogens with zero attached hydrogens (tertiary/aromatic N) is 1. The molecule has 0 rings (SSSR count). The molecule has 1 amide bonds. The first-order valence-electron chi connectivity index (χ1n) is 7.49. The summed E-state index contributed by atoms with van der Waals surface area (Å²) in [5, 5.41) is 21.6. The highest BCUT2D eigenvalue weighted by atomic mass is 35.5. The summed E-state index contributed by atoms with van der Waals surface area (Å²) in [6.07, 6.45) is 6.39. The van der Waals surface area contributed by atoms with Crippen LogP contribution in [0.5, 0.6) is 0 Å². The number of rotatable bonds is 13. The number of carboxylic acid groups (broad SMARTS) is 1. The Bertz CT molecular complexity index is 278. The van der Waals surface area contributed by atoms with E-state index >= 15 is 0 Å². The Morgan fingerprint density at radius 2 is 1.62 bits per heavy atom. The number of nitrogens with one attached hydrogen (secondary N) is 1. The van der Waals surface area contributed by atoms with Crippen molar-refractivity contribution < 1.29 is 19.9 Å². The van der Waals surface area contributed by atoms with E-state index in [1.54, 1.807) is 0 Å². The maximum Gasteiger partial charge on any atom is 0.305 e. The predicted molar refractivity (Wildman–Crippen MR) is 83.9 cm³/mol. The van der Waals surface area contributed by atoms with Gasteiger partial charge in [-0.25, -0.2) is 5.06 Å².